The average molecular weight is 301 g/mol. The lowest BCUT2D eigenvalue weighted by molar-refractivity contribution is 0.233. The fourth-order valence-corrected chi connectivity index (χ4v) is 2.79. The number of hydrogen-bond donors (Lipinski definition) is 0. The Morgan fingerprint density at radius 3 is 2.65 bits per heavy atom. The summed E-state index contributed by atoms with van der Waals surface area (Å²) in [4.78, 5) is 3.67. The molecule has 1 aliphatic rings. The molecule has 0 saturated carbocycles. The monoisotopic (exact) mass is 301 g/mol. The predicted molar refractivity (Wildman–Crippen MR) is 65.5 cm³/mol. The van der Waals surface area contributed by atoms with Crippen molar-refractivity contribution < 1.29 is 17.7 Å². The molecule has 8 heteroatoms. The van der Waals surface area contributed by atoms with Gasteiger partial charge in [0.15, 0.2) is 12.0 Å². The molecule has 0 N–H and O–H groups in total. The van der Waals surface area contributed by atoms with Gasteiger partial charge in [-0.2, -0.15) is 13.8 Å². The van der Waals surface area contributed by atoms with Crippen LogP contribution in [0.25, 0.3) is 0 Å². The number of rotatable bonds is 3. The number of aromatic nitrogens is 3. The highest BCUT2D eigenvalue weighted by atomic mass is 32.2. The minimum absolute atomic E-state index is 0.0390. The molecule has 0 saturated heterocycles. The van der Waals surface area contributed by atoms with Gasteiger partial charge in [-0.15, -0.1) is 5.10 Å². The van der Waals surface area contributed by atoms with Gasteiger partial charge in [0.1, 0.15) is 0 Å². The minimum atomic E-state index is -3.08. The molecule has 4 nitrogen and oxygen atoms in total. The normalized spacial score (nSPS) is 23.1. The Bertz CT molecular complexity index is 607. The predicted octanol–water partition coefficient (Wildman–Crippen LogP) is 2.61. The maximum atomic E-state index is 13.9. The van der Waals surface area contributed by atoms with Crippen LogP contribution in [0.15, 0.2) is 35.5 Å². The van der Waals surface area contributed by atoms with Gasteiger partial charge in [-0.25, -0.2) is 9.07 Å². The van der Waals surface area contributed by atoms with Gasteiger partial charge < -0.3 is 4.55 Å². The second-order valence-electron chi connectivity index (χ2n) is 4.38. The first-order chi connectivity index (χ1) is 9.58. The second-order valence-corrected chi connectivity index (χ2v) is 5.70. The van der Waals surface area contributed by atoms with Crippen LogP contribution < -0.4 is 0 Å². The highest BCUT2D eigenvalue weighted by molar-refractivity contribution is 7.91. The van der Waals surface area contributed by atoms with Crippen LogP contribution in [0.1, 0.15) is 30.0 Å². The maximum absolute atomic E-state index is 13.9. The van der Waals surface area contributed by atoms with Crippen LogP contribution in [0.5, 0.6) is 0 Å². The molecule has 0 amide bonds. The zero-order valence-electron chi connectivity index (χ0n) is 10.1. The molecule has 1 aromatic heterocycles. The van der Waals surface area contributed by atoms with E-state index in [4.69, 9.17) is 0 Å². The zero-order valence-corrected chi connectivity index (χ0v) is 10.9. The number of benzene rings is 1. The Morgan fingerprint density at radius 1 is 1.30 bits per heavy atom. The molecular weight excluding hydrogens is 291 g/mol. The van der Waals surface area contributed by atoms with Crippen LogP contribution in [0.2, 0.25) is 0 Å². The van der Waals surface area contributed by atoms with E-state index in [0.29, 0.717) is 0 Å². The Balaban J connectivity index is 1.98. The van der Waals surface area contributed by atoms with E-state index in [0.717, 1.165) is 5.56 Å². The highest BCUT2D eigenvalue weighted by Crippen LogP contribution is 2.39. The van der Waals surface area contributed by atoms with Gasteiger partial charge in [-0.1, -0.05) is 30.3 Å². The standard InChI is InChI=1S/C12H10F3N3OS/c13-8-6-9(7-4-2-1-3-5-7)18-10(8)16-12(17-18)20(19)11(14)15/h1-5,8-9,11H,6H2/t8-,9-,20+/m0/s1. The molecule has 20 heavy (non-hydrogen) atoms. The van der Waals surface area contributed by atoms with Gasteiger partial charge >= 0.3 is 10.9 Å². The van der Waals surface area contributed by atoms with E-state index in [1.54, 1.807) is 24.3 Å². The van der Waals surface area contributed by atoms with E-state index in [2.05, 4.69) is 10.1 Å². The highest BCUT2D eigenvalue weighted by Gasteiger charge is 2.39. The molecule has 2 aromatic rings. The van der Waals surface area contributed by atoms with Crippen LogP contribution in [0, 0.1) is 0 Å². The van der Waals surface area contributed by atoms with E-state index >= 15 is 0 Å². The lowest BCUT2D eigenvalue weighted by Gasteiger charge is -2.11. The molecule has 0 radical (unpaired) electrons. The van der Waals surface area contributed by atoms with Crippen LogP contribution in [0.3, 0.4) is 0 Å². The number of halogens is 3. The summed E-state index contributed by atoms with van der Waals surface area (Å²) in [6.45, 7) is 0. The fraction of sp³-hybridized carbons (Fsp3) is 0.333. The van der Waals surface area contributed by atoms with Crippen LogP contribution in [-0.4, -0.2) is 25.1 Å². The van der Waals surface area contributed by atoms with Crippen molar-refractivity contribution in [2.24, 2.45) is 0 Å². The maximum Gasteiger partial charge on any atom is 0.405 e. The summed E-state index contributed by atoms with van der Waals surface area (Å²) in [6.07, 6.45) is -1.24. The molecule has 2 heterocycles. The van der Waals surface area contributed by atoms with Gasteiger partial charge in [0, 0.05) is 6.42 Å². The molecule has 3 atom stereocenters. The largest absolute Gasteiger partial charge is 0.604 e. The van der Waals surface area contributed by atoms with Crippen LogP contribution in [0.4, 0.5) is 13.2 Å². The van der Waals surface area contributed by atoms with Crippen molar-refractivity contribution in [3.63, 3.8) is 0 Å². The molecular formula is C12H10F3N3OS. The Morgan fingerprint density at radius 2 is 2.00 bits per heavy atom. The molecule has 0 spiro atoms. The van der Waals surface area contributed by atoms with Crippen molar-refractivity contribution in [2.45, 2.75) is 29.5 Å². The van der Waals surface area contributed by atoms with Gasteiger partial charge in [0.2, 0.25) is 0 Å². The molecule has 1 aromatic carbocycles. The van der Waals surface area contributed by atoms with Gasteiger partial charge in [-0.3, -0.25) is 0 Å². The summed E-state index contributed by atoms with van der Waals surface area (Å²) in [5.41, 5.74) is 0.813. The topological polar surface area (TPSA) is 53.8 Å². The first-order valence-corrected chi connectivity index (χ1v) is 7.13. The summed E-state index contributed by atoms with van der Waals surface area (Å²) in [6, 6.07) is 8.63. The SMILES string of the molecule is [O-][S@@+](c1nc2n(n1)[C@H](c1ccccc1)C[C@@H]2F)C(F)F. The molecule has 0 unspecified atom stereocenters. The molecule has 3 rings (SSSR count). The van der Waals surface area contributed by atoms with E-state index in [9.17, 15) is 17.7 Å². The smallest absolute Gasteiger partial charge is 0.405 e. The molecule has 0 bridgehead atoms. The Labute approximate surface area is 115 Å². The van der Waals surface area contributed by atoms with Crippen molar-refractivity contribution in [3.05, 3.63) is 41.7 Å². The van der Waals surface area contributed by atoms with Crippen molar-refractivity contribution in [2.75, 3.05) is 0 Å². The van der Waals surface area contributed by atoms with Crippen LogP contribution >= 0.6 is 0 Å². The molecule has 0 fully saturated rings. The Hall–Kier alpha value is -1.54. The summed E-state index contributed by atoms with van der Waals surface area (Å²) >= 11 is -2.62. The minimum Gasteiger partial charge on any atom is -0.604 e. The van der Waals surface area contributed by atoms with Crippen molar-refractivity contribution in [3.8, 4) is 0 Å². The third-order valence-electron chi connectivity index (χ3n) is 3.17. The number of fused-ring (bicyclic) bond motifs is 1. The molecule has 106 valence electrons. The Kier molecular flexibility index (Phi) is 3.43. The quantitative estimate of drug-likeness (QED) is 0.819. The second kappa shape index (κ2) is 5.10. The van der Waals surface area contributed by atoms with E-state index in [-0.39, 0.29) is 12.2 Å². The molecule has 0 aliphatic carbocycles. The van der Waals surface area contributed by atoms with Gasteiger partial charge in [0.25, 0.3) is 0 Å². The van der Waals surface area contributed by atoms with E-state index in [1.165, 1.54) is 4.68 Å². The summed E-state index contributed by atoms with van der Waals surface area (Å²) in [5, 5.41) is 3.29. The van der Waals surface area contributed by atoms with Gasteiger partial charge in [0.05, 0.1) is 17.2 Å². The third-order valence-corrected chi connectivity index (χ3v) is 4.03. The number of hydrogen-bond acceptors (Lipinski definition) is 3. The number of alkyl halides is 3. The van der Waals surface area contributed by atoms with E-state index < -0.39 is 34.3 Å². The van der Waals surface area contributed by atoms with Crippen molar-refractivity contribution in [1.29, 1.82) is 0 Å². The first-order valence-electron chi connectivity index (χ1n) is 5.92. The van der Waals surface area contributed by atoms with Gasteiger partial charge in [-0.05, 0) is 5.56 Å². The number of nitrogens with zero attached hydrogens (tertiary/aromatic N) is 3. The third kappa shape index (κ3) is 2.18. The van der Waals surface area contributed by atoms with Crippen LogP contribution in [-0.2, 0) is 11.2 Å². The fourth-order valence-electron chi connectivity index (χ4n) is 2.28. The first kappa shape index (κ1) is 13.4. The zero-order chi connectivity index (χ0) is 14.3. The van der Waals surface area contributed by atoms with Crippen molar-refractivity contribution in [1.82, 2.24) is 14.8 Å². The molecule has 1 aliphatic heterocycles. The van der Waals surface area contributed by atoms with E-state index in [1.807, 2.05) is 6.07 Å². The summed E-state index contributed by atoms with van der Waals surface area (Å²) < 4.78 is 51.3. The lowest BCUT2D eigenvalue weighted by Crippen LogP contribution is -2.15. The summed E-state index contributed by atoms with van der Waals surface area (Å²) in [7, 11) is 0. The average Bonchev–Trinajstić information content (AvgIpc) is 3.00. The lowest BCUT2D eigenvalue weighted by atomic mass is 10.0. The van der Waals surface area contributed by atoms with Crippen molar-refractivity contribution >= 4 is 11.2 Å². The summed E-state index contributed by atoms with van der Waals surface area (Å²) in [5.74, 6) is -3.12.